The molecule has 5 unspecified atom stereocenters. The lowest BCUT2D eigenvalue weighted by Gasteiger charge is -2.44. The molecule has 0 spiro atoms. The van der Waals surface area contributed by atoms with Crippen molar-refractivity contribution in [3.63, 3.8) is 0 Å². The van der Waals surface area contributed by atoms with Gasteiger partial charge in [0.2, 0.25) is 0 Å². The van der Waals surface area contributed by atoms with Crippen molar-refractivity contribution >= 4 is 0 Å². The van der Waals surface area contributed by atoms with Crippen molar-refractivity contribution in [3.05, 3.63) is 0 Å². The molecule has 1 N–H and O–H groups in total. The third kappa shape index (κ3) is 2.02. The van der Waals surface area contributed by atoms with Crippen LogP contribution in [0.2, 0.25) is 0 Å². The van der Waals surface area contributed by atoms with E-state index in [1.165, 1.54) is 25.7 Å². The number of hydrogen-bond acceptors (Lipinski definition) is 2. The number of piperidine rings is 1. The molecule has 0 aromatic heterocycles. The Morgan fingerprint density at radius 3 is 2.50 bits per heavy atom. The van der Waals surface area contributed by atoms with Crippen LogP contribution in [0, 0.1) is 0 Å². The quantitative estimate of drug-likeness (QED) is 0.435. The maximum absolute atomic E-state index is 9.94. The van der Waals surface area contributed by atoms with Gasteiger partial charge in [-0.15, -0.1) is 0 Å². The Bertz CT molecular complexity index is 263. The van der Waals surface area contributed by atoms with Gasteiger partial charge in [0.1, 0.15) is 18.2 Å². The standard InChI is InChI=1S/C12H22NO2.HI/c1-13-9-3-2-4-10(13)8-12(15-13)6-5-11(14)7-9;/h9-12,14H,2-8H2,1H3;1H/q+1;/p-1. The van der Waals surface area contributed by atoms with Crippen LogP contribution in [0.4, 0.5) is 0 Å². The lowest BCUT2D eigenvalue weighted by molar-refractivity contribution is -1.12. The van der Waals surface area contributed by atoms with Gasteiger partial charge < -0.3 is 29.1 Å². The molecule has 3 aliphatic heterocycles. The molecule has 3 aliphatic rings. The van der Waals surface area contributed by atoms with Gasteiger partial charge in [0.05, 0.1) is 13.2 Å². The first kappa shape index (κ1) is 13.1. The molecule has 3 rings (SSSR count). The summed E-state index contributed by atoms with van der Waals surface area (Å²) in [6, 6.07) is 1.25. The number of halogens is 1. The van der Waals surface area contributed by atoms with Gasteiger partial charge in [-0.25, -0.2) is 0 Å². The first-order chi connectivity index (χ1) is 7.18. The minimum atomic E-state index is -0.0873. The van der Waals surface area contributed by atoms with Crippen LogP contribution in [0.25, 0.3) is 0 Å². The van der Waals surface area contributed by atoms with E-state index in [0.29, 0.717) is 18.2 Å². The smallest absolute Gasteiger partial charge is 0.123 e. The highest BCUT2D eigenvalue weighted by atomic mass is 127. The van der Waals surface area contributed by atoms with Gasteiger partial charge in [-0.2, -0.15) is 9.48 Å². The number of fused-ring (bicyclic) bond motifs is 1. The summed E-state index contributed by atoms with van der Waals surface area (Å²) in [7, 11) is 2.24. The molecule has 0 radical (unpaired) electrons. The highest BCUT2D eigenvalue weighted by Gasteiger charge is 2.54. The van der Waals surface area contributed by atoms with Crippen LogP contribution in [-0.4, -0.2) is 41.1 Å². The molecule has 0 aromatic carbocycles. The first-order valence-corrected chi connectivity index (χ1v) is 6.41. The van der Waals surface area contributed by atoms with Crippen LogP contribution in [0.1, 0.15) is 44.9 Å². The Balaban J connectivity index is 0.000000963. The van der Waals surface area contributed by atoms with Crippen molar-refractivity contribution in [2.45, 2.75) is 69.2 Å². The van der Waals surface area contributed by atoms with Crippen molar-refractivity contribution in [2.24, 2.45) is 0 Å². The number of rotatable bonds is 0. The second-order valence-corrected chi connectivity index (χ2v) is 5.73. The lowest BCUT2D eigenvalue weighted by Crippen LogP contribution is -3.00. The van der Waals surface area contributed by atoms with Crippen molar-refractivity contribution in [1.29, 1.82) is 0 Å². The summed E-state index contributed by atoms with van der Waals surface area (Å²) >= 11 is 0. The first-order valence-electron chi connectivity index (χ1n) is 6.41. The third-order valence-corrected chi connectivity index (χ3v) is 4.80. The molecular weight excluding hydrogens is 317 g/mol. The van der Waals surface area contributed by atoms with Gasteiger partial charge in [-0.1, -0.05) is 0 Å². The fourth-order valence-corrected chi connectivity index (χ4v) is 3.87. The van der Waals surface area contributed by atoms with Gasteiger partial charge in [0.15, 0.2) is 0 Å². The summed E-state index contributed by atoms with van der Waals surface area (Å²) in [6.45, 7) is 0. The van der Waals surface area contributed by atoms with Crippen molar-refractivity contribution in [3.8, 4) is 0 Å². The average Bonchev–Trinajstić information content (AvgIpc) is 2.52. The molecule has 0 saturated carbocycles. The molecular formula is C12H22INO2. The van der Waals surface area contributed by atoms with E-state index in [1.54, 1.807) is 0 Å². The number of hydroxylamine groups is 3. The van der Waals surface area contributed by atoms with Crippen LogP contribution < -0.4 is 24.0 Å². The number of aliphatic hydroxyl groups is 1. The Morgan fingerprint density at radius 2 is 1.75 bits per heavy atom. The zero-order valence-corrected chi connectivity index (χ0v) is 12.1. The Kier molecular flexibility index (Phi) is 3.84. The summed E-state index contributed by atoms with van der Waals surface area (Å²) in [5, 5.41) is 9.94. The maximum atomic E-state index is 9.94. The second kappa shape index (κ2) is 4.71. The lowest BCUT2D eigenvalue weighted by atomic mass is 9.91. The molecule has 0 aliphatic carbocycles. The summed E-state index contributed by atoms with van der Waals surface area (Å²) in [6.07, 6.45) is 8.36. The van der Waals surface area contributed by atoms with Gasteiger partial charge in [0.25, 0.3) is 0 Å². The number of nitrogens with zero attached hydrogens (tertiary/aromatic N) is 1. The predicted octanol–water partition coefficient (Wildman–Crippen LogP) is -1.39. The SMILES string of the molecule is C[N+]12OC3CCC(O)CC1CCCC2C3.[I-]. The van der Waals surface area contributed by atoms with Crippen LogP contribution in [-0.2, 0) is 4.84 Å². The van der Waals surface area contributed by atoms with Gasteiger partial charge >= 0.3 is 0 Å². The molecule has 0 amide bonds. The van der Waals surface area contributed by atoms with Crippen molar-refractivity contribution < 1.29 is 38.6 Å². The normalized spacial score (nSPS) is 51.4. The minimum Gasteiger partial charge on any atom is -1.00 e. The molecule has 0 aromatic rings. The third-order valence-electron chi connectivity index (χ3n) is 4.80. The predicted molar refractivity (Wildman–Crippen MR) is 57.0 cm³/mol. The van der Waals surface area contributed by atoms with Crippen LogP contribution in [0.3, 0.4) is 0 Å². The zero-order valence-electron chi connectivity index (χ0n) is 9.94. The monoisotopic (exact) mass is 339 g/mol. The topological polar surface area (TPSA) is 29.5 Å². The Hall–Kier alpha value is 0.610. The van der Waals surface area contributed by atoms with Gasteiger partial charge in [0, 0.05) is 25.7 Å². The molecule has 94 valence electrons. The average molecular weight is 339 g/mol. The van der Waals surface area contributed by atoms with Crippen LogP contribution in [0.5, 0.6) is 0 Å². The molecule has 3 nitrogen and oxygen atoms in total. The Morgan fingerprint density at radius 1 is 1.06 bits per heavy atom. The molecule has 4 heteroatoms. The molecule has 3 heterocycles. The van der Waals surface area contributed by atoms with Gasteiger partial charge in [-0.3, -0.25) is 0 Å². The summed E-state index contributed by atoms with van der Waals surface area (Å²) < 4.78 is 0.807. The number of hydrogen-bond donors (Lipinski definition) is 1. The highest BCUT2D eigenvalue weighted by Crippen LogP contribution is 2.43. The molecule has 3 fully saturated rings. The van der Waals surface area contributed by atoms with Gasteiger partial charge in [-0.05, 0) is 19.3 Å². The van der Waals surface area contributed by atoms with Crippen molar-refractivity contribution in [2.75, 3.05) is 7.05 Å². The van der Waals surface area contributed by atoms with E-state index >= 15 is 0 Å². The Labute approximate surface area is 115 Å². The van der Waals surface area contributed by atoms with E-state index in [2.05, 4.69) is 7.05 Å². The second-order valence-electron chi connectivity index (χ2n) is 5.73. The van der Waals surface area contributed by atoms with Crippen LogP contribution in [0.15, 0.2) is 0 Å². The maximum Gasteiger partial charge on any atom is 0.123 e. The molecule has 16 heavy (non-hydrogen) atoms. The van der Waals surface area contributed by atoms with E-state index in [4.69, 9.17) is 4.84 Å². The van der Waals surface area contributed by atoms with E-state index in [1.807, 2.05) is 0 Å². The summed E-state index contributed by atoms with van der Waals surface area (Å²) in [5.41, 5.74) is 0. The van der Waals surface area contributed by atoms with Crippen LogP contribution >= 0.6 is 0 Å². The van der Waals surface area contributed by atoms with E-state index < -0.39 is 0 Å². The largest absolute Gasteiger partial charge is 1.00 e. The summed E-state index contributed by atoms with van der Waals surface area (Å²) in [5.74, 6) is 0. The van der Waals surface area contributed by atoms with E-state index in [9.17, 15) is 5.11 Å². The fourth-order valence-electron chi connectivity index (χ4n) is 3.87. The molecule has 5 atom stereocenters. The summed E-state index contributed by atoms with van der Waals surface area (Å²) in [4.78, 5) is 6.23. The minimum absolute atomic E-state index is 0. The van der Waals surface area contributed by atoms with Crippen molar-refractivity contribution in [1.82, 2.24) is 0 Å². The molecule has 3 saturated heterocycles. The van der Waals surface area contributed by atoms with E-state index in [0.717, 1.165) is 23.9 Å². The number of aliphatic hydroxyl groups excluding tert-OH is 1. The fraction of sp³-hybridized carbons (Fsp3) is 1.00. The number of quaternary nitrogens is 1. The zero-order chi connectivity index (χ0) is 10.5. The van der Waals surface area contributed by atoms with E-state index in [-0.39, 0.29) is 30.1 Å². The molecule has 2 bridgehead atoms. The highest BCUT2D eigenvalue weighted by molar-refractivity contribution is 4.82.